The van der Waals surface area contributed by atoms with Crippen molar-refractivity contribution in [3.63, 3.8) is 0 Å². The average molecular weight is 329 g/mol. The number of aryl methyl sites for hydroxylation is 1. The standard InChI is InChI=1S/C15H15N5O4/c1-8-10-4-3-9(23-2)7-12(10)24-14(22)11(8)5-6-13(21)16-15-17-19-20-18-15/h3-4,7H,5-6H2,1-2H3,(H2,16,17,18,19,20,21). The zero-order valence-corrected chi connectivity index (χ0v) is 13.1. The molecule has 24 heavy (non-hydrogen) atoms. The van der Waals surface area contributed by atoms with Crippen LogP contribution in [-0.4, -0.2) is 33.6 Å². The lowest BCUT2D eigenvalue weighted by molar-refractivity contribution is -0.116. The first-order valence-corrected chi connectivity index (χ1v) is 7.22. The largest absolute Gasteiger partial charge is 0.497 e. The first kappa shape index (κ1) is 15.7. The summed E-state index contributed by atoms with van der Waals surface area (Å²) in [4.78, 5) is 24.1. The number of benzene rings is 1. The van der Waals surface area contributed by atoms with Crippen molar-refractivity contribution >= 4 is 22.8 Å². The molecule has 0 spiro atoms. The normalized spacial score (nSPS) is 10.8. The molecule has 0 aliphatic rings. The lowest BCUT2D eigenvalue weighted by Gasteiger charge is -2.08. The Balaban J connectivity index is 1.81. The van der Waals surface area contributed by atoms with Crippen LogP contribution in [0.3, 0.4) is 0 Å². The number of rotatable bonds is 5. The predicted octanol–water partition coefficient (Wildman–Crippen LogP) is 1.19. The van der Waals surface area contributed by atoms with Crippen molar-refractivity contribution in [2.24, 2.45) is 0 Å². The highest BCUT2D eigenvalue weighted by Crippen LogP contribution is 2.24. The van der Waals surface area contributed by atoms with Gasteiger partial charge in [-0.1, -0.05) is 5.10 Å². The zero-order valence-electron chi connectivity index (χ0n) is 13.1. The maximum Gasteiger partial charge on any atom is 0.339 e. The van der Waals surface area contributed by atoms with E-state index >= 15 is 0 Å². The second kappa shape index (κ2) is 6.49. The second-order valence-electron chi connectivity index (χ2n) is 5.14. The number of hydrogen-bond acceptors (Lipinski definition) is 7. The topological polar surface area (TPSA) is 123 Å². The summed E-state index contributed by atoms with van der Waals surface area (Å²) in [5.41, 5.74) is 1.25. The van der Waals surface area contributed by atoms with Gasteiger partial charge < -0.3 is 9.15 Å². The predicted molar refractivity (Wildman–Crippen MR) is 84.9 cm³/mol. The molecular formula is C15H15N5O4. The number of fused-ring (bicyclic) bond motifs is 1. The molecule has 3 rings (SSSR count). The number of carbonyl (C=O) groups is 1. The van der Waals surface area contributed by atoms with Crippen LogP contribution >= 0.6 is 0 Å². The van der Waals surface area contributed by atoms with Crippen molar-refractivity contribution < 1.29 is 13.9 Å². The Morgan fingerprint density at radius 3 is 2.96 bits per heavy atom. The van der Waals surface area contributed by atoms with Crippen LogP contribution in [0.2, 0.25) is 0 Å². The lowest BCUT2D eigenvalue weighted by Crippen LogP contribution is -2.17. The number of carbonyl (C=O) groups excluding carboxylic acids is 1. The Morgan fingerprint density at radius 2 is 2.25 bits per heavy atom. The van der Waals surface area contributed by atoms with E-state index in [1.165, 1.54) is 0 Å². The van der Waals surface area contributed by atoms with Gasteiger partial charge in [-0.15, -0.1) is 5.10 Å². The molecule has 0 saturated carbocycles. The van der Waals surface area contributed by atoms with Gasteiger partial charge in [0.25, 0.3) is 5.95 Å². The van der Waals surface area contributed by atoms with Gasteiger partial charge in [0.15, 0.2) is 0 Å². The lowest BCUT2D eigenvalue weighted by atomic mass is 10.0. The third-order valence-corrected chi connectivity index (χ3v) is 3.69. The van der Waals surface area contributed by atoms with E-state index in [0.717, 1.165) is 10.9 Å². The Bertz CT molecular complexity index is 933. The fraction of sp³-hybridized carbons (Fsp3) is 0.267. The van der Waals surface area contributed by atoms with Crippen molar-refractivity contribution in [1.29, 1.82) is 0 Å². The van der Waals surface area contributed by atoms with Gasteiger partial charge in [0.05, 0.1) is 7.11 Å². The molecule has 0 unspecified atom stereocenters. The molecule has 9 nitrogen and oxygen atoms in total. The summed E-state index contributed by atoms with van der Waals surface area (Å²) in [5.74, 6) is 0.386. The van der Waals surface area contributed by atoms with Crippen LogP contribution in [0.15, 0.2) is 27.4 Å². The number of H-pyrrole nitrogens is 1. The van der Waals surface area contributed by atoms with Crippen LogP contribution in [-0.2, 0) is 11.2 Å². The number of anilines is 1. The first-order valence-electron chi connectivity index (χ1n) is 7.22. The van der Waals surface area contributed by atoms with E-state index in [4.69, 9.17) is 9.15 Å². The quantitative estimate of drug-likeness (QED) is 0.674. The van der Waals surface area contributed by atoms with Gasteiger partial charge in [0.2, 0.25) is 5.91 Å². The minimum absolute atomic E-state index is 0.0920. The minimum Gasteiger partial charge on any atom is -0.497 e. The van der Waals surface area contributed by atoms with Crippen molar-refractivity contribution in [2.45, 2.75) is 19.8 Å². The van der Waals surface area contributed by atoms with Crippen molar-refractivity contribution in [1.82, 2.24) is 20.6 Å². The Hall–Kier alpha value is -3.23. The van der Waals surface area contributed by atoms with E-state index < -0.39 is 5.63 Å². The highest BCUT2D eigenvalue weighted by atomic mass is 16.5. The summed E-state index contributed by atoms with van der Waals surface area (Å²) in [7, 11) is 1.54. The van der Waals surface area contributed by atoms with E-state index in [9.17, 15) is 9.59 Å². The molecule has 0 aliphatic carbocycles. The van der Waals surface area contributed by atoms with E-state index in [1.54, 1.807) is 19.2 Å². The number of hydrogen-bond donors (Lipinski definition) is 2. The molecule has 2 heterocycles. The van der Waals surface area contributed by atoms with Crippen LogP contribution in [0.5, 0.6) is 5.75 Å². The summed E-state index contributed by atoms with van der Waals surface area (Å²) >= 11 is 0. The fourth-order valence-corrected chi connectivity index (χ4v) is 2.43. The molecule has 2 N–H and O–H groups in total. The smallest absolute Gasteiger partial charge is 0.339 e. The van der Waals surface area contributed by atoms with Crippen molar-refractivity contribution in [3.05, 3.63) is 39.7 Å². The van der Waals surface area contributed by atoms with Crippen LogP contribution < -0.4 is 15.7 Å². The van der Waals surface area contributed by atoms with E-state index in [1.807, 2.05) is 13.0 Å². The maximum absolute atomic E-state index is 12.2. The van der Waals surface area contributed by atoms with Crippen molar-refractivity contribution in [3.8, 4) is 5.75 Å². The third-order valence-electron chi connectivity index (χ3n) is 3.69. The van der Waals surface area contributed by atoms with E-state index in [-0.39, 0.29) is 24.7 Å². The third kappa shape index (κ3) is 3.09. The molecular weight excluding hydrogens is 314 g/mol. The monoisotopic (exact) mass is 329 g/mol. The second-order valence-corrected chi connectivity index (χ2v) is 5.14. The van der Waals surface area contributed by atoms with Gasteiger partial charge in [0.1, 0.15) is 11.3 Å². The molecule has 1 aromatic carbocycles. The Morgan fingerprint density at radius 1 is 1.42 bits per heavy atom. The molecule has 0 atom stereocenters. The van der Waals surface area contributed by atoms with E-state index in [2.05, 4.69) is 25.9 Å². The van der Waals surface area contributed by atoms with Crippen molar-refractivity contribution in [2.75, 3.05) is 12.4 Å². The number of tetrazole rings is 1. The number of nitrogens with zero attached hydrogens (tertiary/aromatic N) is 3. The number of aromatic amines is 1. The molecule has 9 heteroatoms. The van der Waals surface area contributed by atoms with Gasteiger partial charge >= 0.3 is 5.63 Å². The number of ether oxygens (including phenoxy) is 1. The molecule has 124 valence electrons. The van der Waals surface area contributed by atoms with Gasteiger partial charge in [-0.3, -0.25) is 10.1 Å². The molecule has 3 aromatic rings. The zero-order chi connectivity index (χ0) is 17.1. The van der Waals surface area contributed by atoms with Gasteiger partial charge in [0, 0.05) is 23.4 Å². The summed E-state index contributed by atoms with van der Waals surface area (Å²) in [5, 5.41) is 16.1. The first-order chi connectivity index (χ1) is 11.6. The summed E-state index contributed by atoms with van der Waals surface area (Å²) in [6.07, 6.45) is 0.349. The molecule has 1 amide bonds. The molecule has 0 saturated heterocycles. The van der Waals surface area contributed by atoms with Gasteiger partial charge in [-0.25, -0.2) is 4.79 Å². The average Bonchev–Trinajstić information content (AvgIpc) is 3.06. The highest BCUT2D eigenvalue weighted by Gasteiger charge is 2.14. The minimum atomic E-state index is -0.458. The summed E-state index contributed by atoms with van der Waals surface area (Å²) in [6, 6.07) is 5.29. The van der Waals surface area contributed by atoms with Crippen LogP contribution in [0.4, 0.5) is 5.95 Å². The number of aromatic nitrogens is 4. The summed E-state index contributed by atoms with van der Waals surface area (Å²) < 4.78 is 10.5. The van der Waals surface area contributed by atoms with E-state index in [0.29, 0.717) is 16.9 Å². The highest BCUT2D eigenvalue weighted by molar-refractivity contribution is 5.89. The van der Waals surface area contributed by atoms with Gasteiger partial charge in [-0.2, -0.15) is 5.21 Å². The number of methoxy groups -OCH3 is 1. The number of nitrogens with one attached hydrogen (secondary N) is 2. The molecule has 2 aromatic heterocycles. The Kier molecular flexibility index (Phi) is 4.23. The van der Waals surface area contributed by atoms with Gasteiger partial charge in [-0.05, 0) is 36.3 Å². The number of amides is 1. The molecule has 0 radical (unpaired) electrons. The fourth-order valence-electron chi connectivity index (χ4n) is 2.43. The van der Waals surface area contributed by atoms with Crippen LogP contribution in [0.25, 0.3) is 11.0 Å². The van der Waals surface area contributed by atoms with Crippen LogP contribution in [0.1, 0.15) is 17.5 Å². The maximum atomic E-state index is 12.2. The molecule has 0 fully saturated rings. The molecule has 0 bridgehead atoms. The summed E-state index contributed by atoms with van der Waals surface area (Å²) in [6.45, 7) is 1.83. The Labute approximate surface area is 136 Å². The SMILES string of the molecule is COc1ccc2c(C)c(CCC(=O)Nc3nn[nH]n3)c(=O)oc2c1. The van der Waals surface area contributed by atoms with Crippen LogP contribution in [0, 0.1) is 6.92 Å². The molecule has 0 aliphatic heterocycles.